The minimum absolute atomic E-state index is 0.162. The van der Waals surface area contributed by atoms with Gasteiger partial charge >= 0.3 is 5.97 Å². The first-order chi connectivity index (χ1) is 14.3. The summed E-state index contributed by atoms with van der Waals surface area (Å²) in [6, 6.07) is 13.1. The molecule has 0 saturated heterocycles. The highest BCUT2D eigenvalue weighted by atomic mass is 16.6. The molecule has 3 rings (SSSR count). The number of hydrogen-bond donors (Lipinski definition) is 0. The number of Topliss-reactive ketones (excluding diaryl/α,β-unsaturated/α-hetero) is 1. The Balaban J connectivity index is 1.81. The van der Waals surface area contributed by atoms with Crippen molar-refractivity contribution in [3.05, 3.63) is 81.2 Å². The third-order valence-electron chi connectivity index (χ3n) is 4.54. The van der Waals surface area contributed by atoms with E-state index in [0.29, 0.717) is 17.1 Å². The minimum atomic E-state index is -1.08. The van der Waals surface area contributed by atoms with Gasteiger partial charge in [-0.2, -0.15) is 5.10 Å². The van der Waals surface area contributed by atoms with Gasteiger partial charge in [0.2, 0.25) is 0 Å². The third kappa shape index (κ3) is 4.04. The number of rotatable bonds is 7. The molecule has 0 bridgehead atoms. The Bertz CT molecular complexity index is 1120. The standard InChI is InChI=1S/C21H19N3O6/c1-13-19(14(2)23(22-13)16-7-5-4-6-8-16)20(25)21(26)30-12-15-11-17(24(27)28)9-10-18(15)29-3/h4-11H,12H2,1-3H3. The Morgan fingerprint density at radius 1 is 1.13 bits per heavy atom. The number of para-hydroxylation sites is 1. The fraction of sp³-hybridized carbons (Fsp3) is 0.190. The van der Waals surface area contributed by atoms with Gasteiger partial charge in [0, 0.05) is 17.7 Å². The number of ether oxygens (including phenoxy) is 2. The van der Waals surface area contributed by atoms with Gasteiger partial charge in [-0.3, -0.25) is 14.9 Å². The Labute approximate surface area is 172 Å². The highest BCUT2D eigenvalue weighted by Gasteiger charge is 2.27. The molecule has 0 atom stereocenters. The lowest BCUT2D eigenvalue weighted by Gasteiger charge is -2.09. The summed E-state index contributed by atoms with van der Waals surface area (Å²) < 4.78 is 11.8. The van der Waals surface area contributed by atoms with Gasteiger partial charge in [0.15, 0.2) is 0 Å². The second-order valence-electron chi connectivity index (χ2n) is 6.45. The van der Waals surface area contributed by atoms with Crippen molar-refractivity contribution in [1.82, 2.24) is 9.78 Å². The van der Waals surface area contributed by atoms with Crippen molar-refractivity contribution < 1.29 is 24.0 Å². The molecule has 1 aromatic heterocycles. The zero-order valence-corrected chi connectivity index (χ0v) is 16.6. The van der Waals surface area contributed by atoms with Gasteiger partial charge < -0.3 is 9.47 Å². The number of nitrogens with zero attached hydrogens (tertiary/aromatic N) is 3. The summed E-state index contributed by atoms with van der Waals surface area (Å²) in [5.74, 6) is -1.61. The normalized spacial score (nSPS) is 10.5. The summed E-state index contributed by atoms with van der Waals surface area (Å²) in [5, 5.41) is 15.3. The molecule has 0 N–H and O–H groups in total. The Hall–Kier alpha value is -4.01. The van der Waals surface area contributed by atoms with Gasteiger partial charge in [0.25, 0.3) is 11.5 Å². The molecule has 3 aromatic rings. The van der Waals surface area contributed by atoms with Crippen LogP contribution in [0.25, 0.3) is 5.69 Å². The molecule has 0 aliphatic heterocycles. The van der Waals surface area contributed by atoms with Crippen LogP contribution in [0.5, 0.6) is 5.75 Å². The van der Waals surface area contributed by atoms with E-state index in [1.165, 1.54) is 25.3 Å². The Kier molecular flexibility index (Phi) is 5.91. The molecule has 0 unspecified atom stereocenters. The summed E-state index contributed by atoms with van der Waals surface area (Å²) in [4.78, 5) is 35.5. The number of aryl methyl sites for hydroxylation is 1. The molecule has 30 heavy (non-hydrogen) atoms. The molecule has 9 heteroatoms. The molecule has 9 nitrogen and oxygen atoms in total. The van der Waals surface area contributed by atoms with Gasteiger partial charge in [-0.25, -0.2) is 9.48 Å². The van der Waals surface area contributed by atoms with Gasteiger partial charge in [0.1, 0.15) is 12.4 Å². The van der Waals surface area contributed by atoms with Crippen LogP contribution in [0.4, 0.5) is 5.69 Å². The quantitative estimate of drug-likeness (QED) is 0.193. The summed E-state index contributed by atoms with van der Waals surface area (Å²) in [6.45, 7) is 2.98. The molecule has 0 radical (unpaired) electrons. The number of esters is 1. The number of non-ortho nitro benzene ring substituents is 1. The van der Waals surface area contributed by atoms with Crippen LogP contribution in [0.1, 0.15) is 27.3 Å². The molecular weight excluding hydrogens is 390 g/mol. The first-order valence-electron chi connectivity index (χ1n) is 8.98. The predicted molar refractivity (Wildman–Crippen MR) is 107 cm³/mol. The van der Waals surface area contributed by atoms with E-state index in [-0.39, 0.29) is 23.4 Å². The molecule has 0 spiro atoms. The summed E-state index contributed by atoms with van der Waals surface area (Å²) >= 11 is 0. The number of ketones is 1. The van der Waals surface area contributed by atoms with E-state index >= 15 is 0 Å². The van der Waals surface area contributed by atoms with Crippen molar-refractivity contribution in [3.63, 3.8) is 0 Å². The molecular formula is C21H19N3O6. The average molecular weight is 409 g/mol. The molecule has 2 aromatic carbocycles. The van der Waals surface area contributed by atoms with Crippen molar-refractivity contribution >= 4 is 17.4 Å². The van der Waals surface area contributed by atoms with Crippen molar-refractivity contribution in [3.8, 4) is 11.4 Å². The highest BCUT2D eigenvalue weighted by molar-refractivity contribution is 6.41. The van der Waals surface area contributed by atoms with E-state index in [0.717, 1.165) is 5.69 Å². The van der Waals surface area contributed by atoms with Crippen LogP contribution in [0.3, 0.4) is 0 Å². The van der Waals surface area contributed by atoms with E-state index < -0.39 is 16.7 Å². The van der Waals surface area contributed by atoms with Gasteiger partial charge in [-0.05, 0) is 32.0 Å². The fourth-order valence-corrected chi connectivity index (χ4v) is 3.09. The monoisotopic (exact) mass is 409 g/mol. The average Bonchev–Trinajstić information content (AvgIpc) is 3.05. The van der Waals surface area contributed by atoms with Gasteiger partial charge in [-0.1, -0.05) is 18.2 Å². The summed E-state index contributed by atoms with van der Waals surface area (Å²) in [7, 11) is 1.39. The second kappa shape index (κ2) is 8.56. The molecule has 0 aliphatic carbocycles. The zero-order chi connectivity index (χ0) is 21.8. The van der Waals surface area contributed by atoms with Crippen molar-refractivity contribution in [2.75, 3.05) is 7.11 Å². The highest BCUT2D eigenvalue weighted by Crippen LogP contribution is 2.25. The van der Waals surface area contributed by atoms with E-state index in [4.69, 9.17) is 9.47 Å². The zero-order valence-electron chi connectivity index (χ0n) is 16.6. The van der Waals surface area contributed by atoms with Gasteiger partial charge in [-0.15, -0.1) is 0 Å². The van der Waals surface area contributed by atoms with E-state index in [9.17, 15) is 19.7 Å². The lowest BCUT2D eigenvalue weighted by Crippen LogP contribution is -2.19. The molecule has 0 fully saturated rings. The van der Waals surface area contributed by atoms with Crippen molar-refractivity contribution in [2.24, 2.45) is 0 Å². The van der Waals surface area contributed by atoms with E-state index in [2.05, 4.69) is 5.10 Å². The van der Waals surface area contributed by atoms with E-state index in [1.807, 2.05) is 30.3 Å². The number of carbonyl (C=O) groups excluding carboxylic acids is 2. The van der Waals surface area contributed by atoms with Crippen LogP contribution in [0.15, 0.2) is 48.5 Å². The molecule has 0 saturated carbocycles. The molecule has 0 aliphatic rings. The van der Waals surface area contributed by atoms with Crippen LogP contribution < -0.4 is 4.74 Å². The predicted octanol–water partition coefficient (Wildman–Crippen LogP) is 3.33. The smallest absolute Gasteiger partial charge is 0.380 e. The van der Waals surface area contributed by atoms with Crippen LogP contribution in [0, 0.1) is 24.0 Å². The summed E-state index contributed by atoms with van der Waals surface area (Å²) in [6.07, 6.45) is 0. The minimum Gasteiger partial charge on any atom is -0.496 e. The number of hydrogen-bond acceptors (Lipinski definition) is 7. The summed E-state index contributed by atoms with van der Waals surface area (Å²) in [5.41, 5.74) is 1.92. The van der Waals surface area contributed by atoms with Crippen LogP contribution >= 0.6 is 0 Å². The maximum absolute atomic E-state index is 12.7. The van der Waals surface area contributed by atoms with E-state index in [1.54, 1.807) is 18.5 Å². The largest absolute Gasteiger partial charge is 0.496 e. The van der Waals surface area contributed by atoms with Crippen molar-refractivity contribution in [1.29, 1.82) is 0 Å². The number of carbonyl (C=O) groups is 2. The lowest BCUT2D eigenvalue weighted by atomic mass is 10.1. The number of aromatic nitrogens is 2. The molecule has 1 heterocycles. The molecule has 154 valence electrons. The number of nitro benzene ring substituents is 1. The first-order valence-corrected chi connectivity index (χ1v) is 8.98. The van der Waals surface area contributed by atoms with Gasteiger partial charge in [0.05, 0.1) is 34.7 Å². The Morgan fingerprint density at radius 2 is 1.83 bits per heavy atom. The third-order valence-corrected chi connectivity index (χ3v) is 4.54. The molecule has 0 amide bonds. The topological polar surface area (TPSA) is 114 Å². The van der Waals surface area contributed by atoms with Crippen molar-refractivity contribution in [2.45, 2.75) is 20.5 Å². The van der Waals surface area contributed by atoms with Crippen LogP contribution in [0.2, 0.25) is 0 Å². The lowest BCUT2D eigenvalue weighted by molar-refractivity contribution is -0.385. The number of methoxy groups -OCH3 is 1. The van der Waals surface area contributed by atoms with Crippen LogP contribution in [-0.2, 0) is 16.1 Å². The SMILES string of the molecule is COc1ccc([N+](=O)[O-])cc1COC(=O)C(=O)c1c(C)nn(-c2ccccc2)c1C. The number of nitro groups is 1. The second-order valence-corrected chi connectivity index (χ2v) is 6.45. The van der Waals surface area contributed by atoms with Crippen LogP contribution in [-0.4, -0.2) is 33.6 Å². The maximum atomic E-state index is 12.7. The Morgan fingerprint density at radius 3 is 2.47 bits per heavy atom. The first kappa shape index (κ1) is 20.7. The maximum Gasteiger partial charge on any atom is 0.380 e. The number of benzene rings is 2. The fourth-order valence-electron chi connectivity index (χ4n) is 3.09.